The van der Waals surface area contributed by atoms with Crippen molar-refractivity contribution in [3.63, 3.8) is 0 Å². The number of nitrogens with zero attached hydrogens (tertiary/aromatic N) is 4. The third kappa shape index (κ3) is 2.39. The first-order valence-electron chi connectivity index (χ1n) is 7.15. The minimum atomic E-state index is 0.632. The second-order valence-corrected chi connectivity index (χ2v) is 5.53. The highest BCUT2D eigenvalue weighted by Crippen LogP contribution is 2.30. The molecule has 0 spiro atoms. The summed E-state index contributed by atoms with van der Waals surface area (Å²) in [6.07, 6.45) is 7.47. The minimum absolute atomic E-state index is 0.632. The van der Waals surface area contributed by atoms with E-state index in [9.17, 15) is 0 Å². The molecule has 19 heavy (non-hydrogen) atoms. The van der Waals surface area contributed by atoms with Crippen LogP contribution in [-0.4, -0.2) is 53.7 Å². The zero-order chi connectivity index (χ0) is 13.2. The zero-order valence-electron chi connectivity index (χ0n) is 11.7. The molecule has 2 aliphatic heterocycles. The number of methoxy groups -OCH3 is 1. The first-order valence-corrected chi connectivity index (χ1v) is 7.15. The van der Waals surface area contributed by atoms with Crippen LogP contribution in [0.2, 0.25) is 0 Å². The highest BCUT2D eigenvalue weighted by molar-refractivity contribution is 5.50. The van der Waals surface area contributed by atoms with Crippen molar-refractivity contribution in [1.29, 1.82) is 0 Å². The Morgan fingerprint density at radius 1 is 1.21 bits per heavy atom. The Balaban J connectivity index is 1.63. The van der Waals surface area contributed by atoms with E-state index in [1.807, 2.05) is 0 Å². The summed E-state index contributed by atoms with van der Waals surface area (Å²) in [6, 6.07) is 1.40. The number of piperidine rings is 1. The number of rotatable bonds is 3. The summed E-state index contributed by atoms with van der Waals surface area (Å²) in [6.45, 7) is 5.68. The minimum Gasteiger partial charge on any atom is -0.478 e. The van der Waals surface area contributed by atoms with Crippen molar-refractivity contribution in [3.8, 4) is 5.88 Å². The molecular formula is C14H22N4O. The molecule has 0 aliphatic carbocycles. The fourth-order valence-electron chi connectivity index (χ4n) is 3.18. The molecule has 1 aromatic rings. The third-order valence-electron chi connectivity index (χ3n) is 4.33. The van der Waals surface area contributed by atoms with Gasteiger partial charge in [0, 0.05) is 37.6 Å². The molecule has 104 valence electrons. The smallest absolute Gasteiger partial charge is 0.257 e. The van der Waals surface area contributed by atoms with Crippen LogP contribution in [0.15, 0.2) is 12.4 Å². The summed E-state index contributed by atoms with van der Waals surface area (Å²) < 4.78 is 5.28. The summed E-state index contributed by atoms with van der Waals surface area (Å²) in [5.41, 5.74) is 0. The molecule has 0 aromatic carbocycles. The molecular weight excluding hydrogens is 240 g/mol. The maximum atomic E-state index is 5.28. The summed E-state index contributed by atoms with van der Waals surface area (Å²) >= 11 is 0. The van der Waals surface area contributed by atoms with Crippen molar-refractivity contribution >= 4 is 5.82 Å². The summed E-state index contributed by atoms with van der Waals surface area (Å²) in [5.74, 6) is 1.51. The van der Waals surface area contributed by atoms with E-state index in [0.717, 1.165) is 24.9 Å². The largest absolute Gasteiger partial charge is 0.478 e. The Morgan fingerprint density at radius 3 is 2.74 bits per heavy atom. The van der Waals surface area contributed by atoms with Crippen molar-refractivity contribution in [3.05, 3.63) is 12.4 Å². The normalized spacial score (nSPS) is 25.2. The van der Waals surface area contributed by atoms with Crippen LogP contribution in [0.25, 0.3) is 0 Å². The lowest BCUT2D eigenvalue weighted by Gasteiger charge is -2.49. The molecule has 0 unspecified atom stereocenters. The van der Waals surface area contributed by atoms with Gasteiger partial charge in [-0.15, -0.1) is 0 Å². The van der Waals surface area contributed by atoms with Crippen LogP contribution in [-0.2, 0) is 0 Å². The van der Waals surface area contributed by atoms with Crippen LogP contribution in [0, 0.1) is 0 Å². The SMILES string of the molecule is COc1nccnc1N1CC(N2CCCC[C@H]2C)C1. The number of ether oxygens (including phenoxy) is 1. The monoisotopic (exact) mass is 262 g/mol. The first kappa shape index (κ1) is 12.7. The molecule has 2 fully saturated rings. The molecule has 0 amide bonds. The van der Waals surface area contributed by atoms with Gasteiger partial charge >= 0.3 is 0 Å². The van der Waals surface area contributed by atoms with Crippen LogP contribution >= 0.6 is 0 Å². The van der Waals surface area contributed by atoms with Gasteiger partial charge in [-0.3, -0.25) is 4.90 Å². The molecule has 0 N–H and O–H groups in total. The Hall–Kier alpha value is -1.36. The second-order valence-electron chi connectivity index (χ2n) is 5.53. The molecule has 1 atom stereocenters. The maximum Gasteiger partial charge on any atom is 0.257 e. The van der Waals surface area contributed by atoms with E-state index in [0.29, 0.717) is 11.9 Å². The number of hydrogen-bond acceptors (Lipinski definition) is 5. The number of hydrogen-bond donors (Lipinski definition) is 0. The summed E-state index contributed by atoms with van der Waals surface area (Å²) in [4.78, 5) is 13.5. The molecule has 5 heteroatoms. The van der Waals surface area contributed by atoms with Crippen molar-refractivity contribution < 1.29 is 4.74 Å². The standard InChI is InChI=1S/C14H22N4O/c1-11-5-3-4-8-18(11)12-9-17(10-12)13-14(19-2)16-7-6-15-13/h6-7,11-12H,3-5,8-10H2,1-2H3/t11-/m1/s1. The van der Waals surface area contributed by atoms with Crippen LogP contribution < -0.4 is 9.64 Å². The van der Waals surface area contributed by atoms with Crippen molar-refractivity contribution in [2.45, 2.75) is 38.3 Å². The van der Waals surface area contributed by atoms with Crippen LogP contribution in [0.4, 0.5) is 5.82 Å². The predicted molar refractivity (Wildman–Crippen MR) is 74.6 cm³/mol. The molecule has 0 bridgehead atoms. The van der Waals surface area contributed by atoms with Crippen molar-refractivity contribution in [2.24, 2.45) is 0 Å². The number of likely N-dealkylation sites (tertiary alicyclic amines) is 1. The van der Waals surface area contributed by atoms with E-state index in [1.165, 1.54) is 25.8 Å². The van der Waals surface area contributed by atoms with Crippen LogP contribution in [0.1, 0.15) is 26.2 Å². The molecule has 1 aromatic heterocycles. The van der Waals surface area contributed by atoms with E-state index in [-0.39, 0.29) is 0 Å². The Kier molecular flexibility index (Phi) is 3.55. The van der Waals surface area contributed by atoms with Crippen LogP contribution in [0.5, 0.6) is 5.88 Å². The number of anilines is 1. The van der Waals surface area contributed by atoms with E-state index in [1.54, 1.807) is 19.5 Å². The lowest BCUT2D eigenvalue weighted by molar-refractivity contribution is 0.0870. The van der Waals surface area contributed by atoms with E-state index in [4.69, 9.17) is 4.74 Å². The molecule has 5 nitrogen and oxygen atoms in total. The highest BCUT2D eigenvalue weighted by Gasteiger charge is 2.36. The van der Waals surface area contributed by atoms with Gasteiger partial charge < -0.3 is 9.64 Å². The van der Waals surface area contributed by atoms with Gasteiger partial charge in [-0.2, -0.15) is 0 Å². The second kappa shape index (κ2) is 5.33. The topological polar surface area (TPSA) is 41.5 Å². The van der Waals surface area contributed by atoms with Crippen LogP contribution in [0.3, 0.4) is 0 Å². The fraction of sp³-hybridized carbons (Fsp3) is 0.714. The Bertz CT molecular complexity index is 433. The van der Waals surface area contributed by atoms with Gasteiger partial charge in [-0.1, -0.05) is 6.42 Å². The highest BCUT2D eigenvalue weighted by atomic mass is 16.5. The maximum absolute atomic E-state index is 5.28. The Labute approximate surface area is 114 Å². The van der Waals surface area contributed by atoms with Gasteiger partial charge in [0.2, 0.25) is 0 Å². The lowest BCUT2D eigenvalue weighted by atomic mass is 9.97. The van der Waals surface area contributed by atoms with E-state index < -0.39 is 0 Å². The quantitative estimate of drug-likeness (QED) is 0.826. The van der Waals surface area contributed by atoms with E-state index in [2.05, 4.69) is 26.7 Å². The van der Waals surface area contributed by atoms with E-state index >= 15 is 0 Å². The van der Waals surface area contributed by atoms with Crippen molar-refractivity contribution in [2.75, 3.05) is 31.6 Å². The van der Waals surface area contributed by atoms with Gasteiger partial charge in [0.05, 0.1) is 7.11 Å². The Morgan fingerprint density at radius 2 is 2.00 bits per heavy atom. The zero-order valence-corrected chi connectivity index (χ0v) is 11.7. The lowest BCUT2D eigenvalue weighted by Crippen LogP contribution is -2.62. The third-order valence-corrected chi connectivity index (χ3v) is 4.33. The number of aromatic nitrogens is 2. The molecule has 0 saturated carbocycles. The van der Waals surface area contributed by atoms with Gasteiger partial charge in [-0.25, -0.2) is 9.97 Å². The van der Waals surface area contributed by atoms with Gasteiger partial charge in [0.15, 0.2) is 5.82 Å². The van der Waals surface area contributed by atoms with Gasteiger partial charge in [0.1, 0.15) is 0 Å². The average Bonchev–Trinajstić information content (AvgIpc) is 2.40. The fourth-order valence-corrected chi connectivity index (χ4v) is 3.18. The van der Waals surface area contributed by atoms with Crippen molar-refractivity contribution in [1.82, 2.24) is 14.9 Å². The molecule has 3 rings (SSSR count). The summed E-state index contributed by atoms with van der Waals surface area (Å²) in [7, 11) is 1.65. The average molecular weight is 262 g/mol. The van der Waals surface area contributed by atoms with Gasteiger partial charge in [0.25, 0.3) is 5.88 Å². The molecule has 3 heterocycles. The predicted octanol–water partition coefficient (Wildman–Crippen LogP) is 1.55. The first-order chi connectivity index (χ1) is 9.29. The molecule has 2 saturated heterocycles. The summed E-state index contributed by atoms with van der Waals surface area (Å²) in [5, 5.41) is 0. The molecule has 2 aliphatic rings. The van der Waals surface area contributed by atoms with Gasteiger partial charge in [-0.05, 0) is 26.3 Å². The molecule has 0 radical (unpaired) electrons.